The summed E-state index contributed by atoms with van der Waals surface area (Å²) < 4.78 is 29.7. The summed E-state index contributed by atoms with van der Waals surface area (Å²) in [5.41, 5.74) is 0. The summed E-state index contributed by atoms with van der Waals surface area (Å²) in [5, 5.41) is 4.27. The molecular formula is C11H15N5O2S. The smallest absolute Gasteiger partial charge is 0.262 e. The van der Waals surface area contributed by atoms with Crippen LogP contribution in [0.3, 0.4) is 0 Å². The highest BCUT2D eigenvalue weighted by Crippen LogP contribution is 2.25. The molecule has 19 heavy (non-hydrogen) atoms. The van der Waals surface area contributed by atoms with Gasteiger partial charge in [-0.1, -0.05) is 0 Å². The fourth-order valence-electron chi connectivity index (χ4n) is 2.30. The maximum absolute atomic E-state index is 12.4. The molecule has 1 atom stereocenters. The lowest BCUT2D eigenvalue weighted by atomic mass is 10.3. The van der Waals surface area contributed by atoms with Gasteiger partial charge in [-0.15, -0.1) is 0 Å². The van der Waals surface area contributed by atoms with Gasteiger partial charge in [-0.25, -0.2) is 13.4 Å². The van der Waals surface area contributed by atoms with Gasteiger partial charge in [-0.3, -0.25) is 4.68 Å². The van der Waals surface area contributed by atoms with Gasteiger partial charge in [-0.05, 0) is 12.5 Å². The second-order valence-electron chi connectivity index (χ2n) is 4.67. The van der Waals surface area contributed by atoms with Gasteiger partial charge in [0.15, 0.2) is 5.03 Å². The first-order valence-electron chi connectivity index (χ1n) is 6.04. The summed E-state index contributed by atoms with van der Waals surface area (Å²) in [4.78, 5) is 3.93. The minimum atomic E-state index is -3.48. The van der Waals surface area contributed by atoms with E-state index in [0.29, 0.717) is 13.1 Å². The normalized spacial score (nSPS) is 21.0. The molecule has 1 aliphatic rings. The number of hydrogen-bond acceptors (Lipinski definition) is 4. The van der Waals surface area contributed by atoms with Crippen molar-refractivity contribution < 1.29 is 8.42 Å². The van der Waals surface area contributed by atoms with Crippen molar-refractivity contribution in [3.8, 4) is 0 Å². The monoisotopic (exact) mass is 281 g/mol. The topological polar surface area (TPSA) is 73.0 Å². The predicted molar refractivity (Wildman–Crippen MR) is 67.8 cm³/mol. The molecule has 0 saturated carbocycles. The number of nitrogens with zero attached hydrogens (tertiary/aromatic N) is 5. The Morgan fingerprint density at radius 1 is 1.42 bits per heavy atom. The minimum absolute atomic E-state index is 0.105. The molecule has 0 bridgehead atoms. The van der Waals surface area contributed by atoms with Gasteiger partial charge in [0.05, 0.1) is 12.4 Å². The Bertz CT molecular complexity index is 661. The molecule has 2 aromatic rings. The van der Waals surface area contributed by atoms with Crippen molar-refractivity contribution in [2.75, 3.05) is 13.1 Å². The van der Waals surface area contributed by atoms with E-state index in [1.165, 1.54) is 16.8 Å². The standard InChI is InChI=1S/C11H15N5O2S/c1-14-8-11(12-9-14)19(17,18)15-6-3-10(7-15)16-5-2-4-13-16/h2,4-5,8-10H,3,6-7H2,1H3. The van der Waals surface area contributed by atoms with Crippen LogP contribution in [0.1, 0.15) is 12.5 Å². The molecule has 102 valence electrons. The van der Waals surface area contributed by atoms with Crippen LogP contribution in [0.4, 0.5) is 0 Å². The molecule has 0 aliphatic carbocycles. The third-order valence-corrected chi connectivity index (χ3v) is 5.06. The van der Waals surface area contributed by atoms with Crippen LogP contribution in [-0.2, 0) is 17.1 Å². The first-order valence-corrected chi connectivity index (χ1v) is 7.48. The molecular weight excluding hydrogens is 266 g/mol. The fourth-order valence-corrected chi connectivity index (χ4v) is 3.75. The van der Waals surface area contributed by atoms with E-state index in [2.05, 4.69) is 10.1 Å². The molecule has 1 unspecified atom stereocenters. The van der Waals surface area contributed by atoms with Gasteiger partial charge < -0.3 is 4.57 Å². The molecule has 2 aromatic heterocycles. The van der Waals surface area contributed by atoms with E-state index in [1.807, 2.05) is 16.9 Å². The molecule has 0 radical (unpaired) electrons. The summed E-state index contributed by atoms with van der Waals surface area (Å²) in [7, 11) is -1.73. The lowest BCUT2D eigenvalue weighted by Gasteiger charge is -2.15. The number of hydrogen-bond donors (Lipinski definition) is 0. The zero-order chi connectivity index (χ0) is 13.5. The Balaban J connectivity index is 1.81. The minimum Gasteiger partial charge on any atom is -0.339 e. The van der Waals surface area contributed by atoms with Gasteiger partial charge in [0.25, 0.3) is 10.0 Å². The largest absolute Gasteiger partial charge is 0.339 e. The fraction of sp³-hybridized carbons (Fsp3) is 0.455. The Kier molecular flexibility index (Phi) is 2.90. The molecule has 0 aromatic carbocycles. The molecule has 1 aliphatic heterocycles. The van der Waals surface area contributed by atoms with E-state index < -0.39 is 10.0 Å². The molecule has 0 amide bonds. The number of imidazole rings is 1. The summed E-state index contributed by atoms with van der Waals surface area (Å²) in [6.45, 7) is 0.948. The molecule has 3 heterocycles. The zero-order valence-electron chi connectivity index (χ0n) is 10.5. The first-order chi connectivity index (χ1) is 9.07. The van der Waals surface area contributed by atoms with E-state index in [1.54, 1.807) is 17.8 Å². The Hall–Kier alpha value is -1.67. The van der Waals surface area contributed by atoms with Gasteiger partial charge in [0.2, 0.25) is 0 Å². The maximum atomic E-state index is 12.4. The number of aryl methyl sites for hydroxylation is 1. The Morgan fingerprint density at radius 2 is 2.26 bits per heavy atom. The highest BCUT2D eigenvalue weighted by molar-refractivity contribution is 7.89. The maximum Gasteiger partial charge on any atom is 0.262 e. The SMILES string of the molecule is Cn1cnc(S(=O)(=O)N2CCC(n3cccn3)C2)c1. The van der Waals surface area contributed by atoms with Crippen molar-refractivity contribution in [1.29, 1.82) is 0 Å². The number of aromatic nitrogens is 4. The van der Waals surface area contributed by atoms with Gasteiger partial charge in [0.1, 0.15) is 0 Å². The quantitative estimate of drug-likeness (QED) is 0.808. The number of sulfonamides is 1. The molecule has 0 spiro atoms. The molecule has 3 rings (SSSR count). The molecule has 7 nitrogen and oxygen atoms in total. The van der Waals surface area contributed by atoms with E-state index in [0.717, 1.165) is 6.42 Å². The molecule has 1 fully saturated rings. The van der Waals surface area contributed by atoms with E-state index in [9.17, 15) is 8.42 Å². The second-order valence-corrected chi connectivity index (χ2v) is 6.55. The van der Waals surface area contributed by atoms with Crippen molar-refractivity contribution in [3.05, 3.63) is 31.0 Å². The van der Waals surface area contributed by atoms with Crippen LogP contribution >= 0.6 is 0 Å². The van der Waals surface area contributed by atoms with Crippen molar-refractivity contribution in [1.82, 2.24) is 23.6 Å². The predicted octanol–water partition coefficient (Wildman–Crippen LogP) is 0.252. The summed E-state index contributed by atoms with van der Waals surface area (Å²) in [6.07, 6.45) is 7.36. The summed E-state index contributed by atoms with van der Waals surface area (Å²) in [6, 6.07) is 1.95. The highest BCUT2D eigenvalue weighted by atomic mass is 32.2. The van der Waals surface area contributed by atoms with Crippen LogP contribution in [0.15, 0.2) is 36.0 Å². The van der Waals surface area contributed by atoms with Crippen LogP contribution in [0.25, 0.3) is 0 Å². The van der Waals surface area contributed by atoms with Crippen LogP contribution < -0.4 is 0 Å². The van der Waals surface area contributed by atoms with Crippen LogP contribution in [0.2, 0.25) is 0 Å². The van der Waals surface area contributed by atoms with Crippen LogP contribution in [0, 0.1) is 0 Å². The molecule has 0 N–H and O–H groups in total. The third kappa shape index (κ3) is 2.17. The Morgan fingerprint density at radius 3 is 2.89 bits per heavy atom. The van der Waals surface area contributed by atoms with Crippen molar-refractivity contribution in [3.63, 3.8) is 0 Å². The highest BCUT2D eigenvalue weighted by Gasteiger charge is 2.34. The zero-order valence-corrected chi connectivity index (χ0v) is 11.4. The van der Waals surface area contributed by atoms with E-state index >= 15 is 0 Å². The van der Waals surface area contributed by atoms with E-state index in [-0.39, 0.29) is 11.1 Å². The third-order valence-electron chi connectivity index (χ3n) is 3.31. The lowest BCUT2D eigenvalue weighted by Crippen LogP contribution is -2.29. The van der Waals surface area contributed by atoms with Crippen LogP contribution in [0.5, 0.6) is 0 Å². The van der Waals surface area contributed by atoms with Crippen LogP contribution in [-0.4, -0.2) is 45.1 Å². The molecule has 8 heteroatoms. The van der Waals surface area contributed by atoms with Gasteiger partial charge in [0, 0.05) is 38.7 Å². The Labute approximate surface area is 111 Å². The first kappa shape index (κ1) is 12.4. The lowest BCUT2D eigenvalue weighted by molar-refractivity contribution is 0.433. The molecule has 1 saturated heterocycles. The van der Waals surface area contributed by atoms with Crippen molar-refractivity contribution in [2.24, 2.45) is 7.05 Å². The van der Waals surface area contributed by atoms with E-state index in [4.69, 9.17) is 0 Å². The summed E-state index contributed by atoms with van der Waals surface area (Å²) in [5.74, 6) is 0. The number of rotatable bonds is 3. The summed E-state index contributed by atoms with van der Waals surface area (Å²) >= 11 is 0. The average Bonchev–Trinajstić information content (AvgIpc) is 3.10. The van der Waals surface area contributed by atoms with Crippen molar-refractivity contribution >= 4 is 10.0 Å². The second kappa shape index (κ2) is 4.46. The van der Waals surface area contributed by atoms with Crippen molar-refractivity contribution in [2.45, 2.75) is 17.5 Å². The van der Waals surface area contributed by atoms with Gasteiger partial charge >= 0.3 is 0 Å². The average molecular weight is 281 g/mol. The van der Waals surface area contributed by atoms with Gasteiger partial charge in [-0.2, -0.15) is 9.40 Å².